The van der Waals surface area contributed by atoms with E-state index in [1.54, 1.807) is 25.1 Å². The quantitative estimate of drug-likeness (QED) is 0.253. The van der Waals surface area contributed by atoms with Crippen molar-refractivity contribution >= 4 is 10.9 Å². The second-order valence-corrected chi connectivity index (χ2v) is 8.72. The maximum Gasteiger partial charge on any atom is 0.416 e. The summed E-state index contributed by atoms with van der Waals surface area (Å²) < 4.78 is 58.4. The number of benzene rings is 4. The van der Waals surface area contributed by atoms with E-state index in [-0.39, 0.29) is 16.6 Å². The Labute approximate surface area is 210 Å². The first-order chi connectivity index (χ1) is 17.7. The number of aromatic amines is 1. The molecule has 5 rings (SSSR count). The highest BCUT2D eigenvalue weighted by Gasteiger charge is 2.30. The Balaban J connectivity index is 1.46. The molecule has 0 aliphatic rings. The summed E-state index contributed by atoms with van der Waals surface area (Å²) in [5, 5.41) is 0.230. The molecule has 0 fully saturated rings. The van der Waals surface area contributed by atoms with Crippen molar-refractivity contribution in [3.05, 3.63) is 112 Å². The van der Waals surface area contributed by atoms with E-state index in [0.717, 1.165) is 23.3 Å². The van der Waals surface area contributed by atoms with E-state index in [1.165, 1.54) is 25.3 Å². The summed E-state index contributed by atoms with van der Waals surface area (Å²) in [7, 11) is 1.37. The molecule has 5 aromatic rings. The van der Waals surface area contributed by atoms with Crippen molar-refractivity contribution in [1.82, 2.24) is 4.98 Å². The number of hydrogen-bond donors (Lipinski definition) is 1. The lowest BCUT2D eigenvalue weighted by atomic mass is 9.96. The first kappa shape index (κ1) is 24.3. The van der Waals surface area contributed by atoms with Crippen LogP contribution in [-0.4, -0.2) is 12.1 Å². The van der Waals surface area contributed by atoms with Gasteiger partial charge >= 0.3 is 6.18 Å². The van der Waals surface area contributed by atoms with Crippen LogP contribution < -0.4 is 10.2 Å². The predicted molar refractivity (Wildman–Crippen MR) is 137 cm³/mol. The third-order valence-corrected chi connectivity index (χ3v) is 6.38. The summed E-state index contributed by atoms with van der Waals surface area (Å²) in [5.74, 6) is -0.557. The summed E-state index contributed by atoms with van der Waals surface area (Å²) in [5.41, 5.74) is 4.20. The van der Waals surface area contributed by atoms with E-state index >= 15 is 0 Å². The van der Waals surface area contributed by atoms with Crippen LogP contribution in [0.3, 0.4) is 0 Å². The third kappa shape index (κ3) is 4.60. The van der Waals surface area contributed by atoms with Crippen molar-refractivity contribution in [3.63, 3.8) is 0 Å². The number of halogens is 4. The molecular weight excluding hydrogens is 482 g/mol. The fourth-order valence-electron chi connectivity index (χ4n) is 4.48. The molecule has 0 amide bonds. The minimum atomic E-state index is -4.40. The van der Waals surface area contributed by atoms with Gasteiger partial charge in [-0.3, -0.25) is 4.79 Å². The van der Waals surface area contributed by atoms with Crippen molar-refractivity contribution in [2.75, 3.05) is 7.11 Å². The Kier molecular flexibility index (Phi) is 6.07. The number of pyridine rings is 1. The molecule has 0 saturated heterocycles. The van der Waals surface area contributed by atoms with E-state index in [4.69, 9.17) is 4.74 Å². The van der Waals surface area contributed by atoms with Crippen molar-refractivity contribution in [1.29, 1.82) is 0 Å². The monoisotopic (exact) mass is 503 g/mol. The molecule has 1 heterocycles. The summed E-state index contributed by atoms with van der Waals surface area (Å²) in [6.07, 6.45) is -4.40. The molecular formula is C30H21F4NO2. The highest BCUT2D eigenvalue weighted by atomic mass is 19.4. The summed E-state index contributed by atoms with van der Waals surface area (Å²) in [4.78, 5) is 16.4. The van der Waals surface area contributed by atoms with Crippen LogP contribution >= 0.6 is 0 Å². The minimum Gasteiger partial charge on any atom is -0.494 e. The van der Waals surface area contributed by atoms with Crippen LogP contribution in [0.4, 0.5) is 17.6 Å². The molecule has 0 atom stereocenters. The fourth-order valence-corrected chi connectivity index (χ4v) is 4.48. The highest BCUT2D eigenvalue weighted by Crippen LogP contribution is 2.33. The molecule has 0 saturated carbocycles. The molecule has 186 valence electrons. The largest absolute Gasteiger partial charge is 0.494 e. The van der Waals surface area contributed by atoms with Gasteiger partial charge in [-0.05, 0) is 52.9 Å². The Morgan fingerprint density at radius 2 is 1.32 bits per heavy atom. The first-order valence-electron chi connectivity index (χ1n) is 11.4. The first-order valence-corrected chi connectivity index (χ1v) is 11.4. The molecule has 0 radical (unpaired) electrons. The maximum absolute atomic E-state index is 14.3. The standard InChI is InChI=1S/C30H21F4NO2/c1-17-28(29(36)24-15-25(31)27(37-2)16-26(24)35-17)21-12-10-19(11-13-21)18-6-8-20(9-7-18)22-4-3-5-23(14-22)30(32,33)34/h3-16H,1-2H3,(H,35,36). The van der Waals surface area contributed by atoms with Gasteiger partial charge in [-0.2, -0.15) is 13.2 Å². The minimum absolute atomic E-state index is 0.0544. The number of alkyl halides is 3. The summed E-state index contributed by atoms with van der Waals surface area (Å²) >= 11 is 0. The topological polar surface area (TPSA) is 42.1 Å². The van der Waals surface area contributed by atoms with Gasteiger partial charge in [0.25, 0.3) is 0 Å². The second-order valence-electron chi connectivity index (χ2n) is 8.72. The number of ether oxygens (including phenoxy) is 1. The van der Waals surface area contributed by atoms with Crippen LogP contribution in [0, 0.1) is 12.7 Å². The lowest BCUT2D eigenvalue weighted by Crippen LogP contribution is -2.10. The highest BCUT2D eigenvalue weighted by molar-refractivity contribution is 5.86. The van der Waals surface area contributed by atoms with E-state index in [9.17, 15) is 22.4 Å². The smallest absolute Gasteiger partial charge is 0.416 e. The van der Waals surface area contributed by atoms with E-state index in [0.29, 0.717) is 33.5 Å². The molecule has 4 aromatic carbocycles. The Bertz CT molecular complexity index is 1670. The van der Waals surface area contributed by atoms with Crippen LogP contribution in [0.15, 0.2) is 89.7 Å². The van der Waals surface area contributed by atoms with Gasteiger partial charge < -0.3 is 9.72 Å². The van der Waals surface area contributed by atoms with Crippen molar-refractivity contribution in [2.24, 2.45) is 0 Å². The molecule has 0 unspecified atom stereocenters. The second kappa shape index (κ2) is 9.24. The van der Waals surface area contributed by atoms with Gasteiger partial charge in [-0.1, -0.05) is 60.7 Å². The average Bonchev–Trinajstić information content (AvgIpc) is 2.89. The molecule has 1 aromatic heterocycles. The molecule has 3 nitrogen and oxygen atoms in total. The summed E-state index contributed by atoms with van der Waals surface area (Å²) in [6, 6.07) is 22.5. The van der Waals surface area contributed by atoms with E-state index in [1.807, 2.05) is 36.4 Å². The van der Waals surface area contributed by atoms with Crippen LogP contribution in [0.25, 0.3) is 44.3 Å². The number of aryl methyl sites for hydroxylation is 1. The van der Waals surface area contributed by atoms with Gasteiger partial charge in [0, 0.05) is 22.7 Å². The third-order valence-electron chi connectivity index (χ3n) is 6.38. The normalized spacial score (nSPS) is 11.6. The van der Waals surface area contributed by atoms with Crippen LogP contribution in [-0.2, 0) is 6.18 Å². The predicted octanol–water partition coefficient (Wildman–Crippen LogP) is 8.00. The molecule has 0 aliphatic carbocycles. The zero-order valence-electron chi connectivity index (χ0n) is 19.9. The molecule has 0 bridgehead atoms. The van der Waals surface area contributed by atoms with E-state index in [2.05, 4.69) is 4.98 Å². The number of aromatic nitrogens is 1. The average molecular weight is 503 g/mol. The zero-order valence-corrected chi connectivity index (χ0v) is 19.9. The lowest BCUT2D eigenvalue weighted by molar-refractivity contribution is -0.137. The molecule has 0 spiro atoms. The Morgan fingerprint density at radius 3 is 1.89 bits per heavy atom. The van der Waals surface area contributed by atoms with Gasteiger partial charge in [0.15, 0.2) is 17.0 Å². The molecule has 37 heavy (non-hydrogen) atoms. The zero-order chi connectivity index (χ0) is 26.3. The van der Waals surface area contributed by atoms with Gasteiger partial charge in [0.2, 0.25) is 0 Å². The number of rotatable bonds is 4. The number of fused-ring (bicyclic) bond motifs is 1. The van der Waals surface area contributed by atoms with Crippen molar-refractivity contribution in [2.45, 2.75) is 13.1 Å². The van der Waals surface area contributed by atoms with Crippen molar-refractivity contribution in [3.8, 4) is 39.1 Å². The number of methoxy groups -OCH3 is 1. The number of nitrogens with one attached hydrogen (secondary N) is 1. The van der Waals surface area contributed by atoms with Gasteiger partial charge in [-0.25, -0.2) is 4.39 Å². The molecule has 1 N–H and O–H groups in total. The van der Waals surface area contributed by atoms with Crippen LogP contribution in [0.5, 0.6) is 5.75 Å². The maximum atomic E-state index is 14.3. The number of hydrogen-bond acceptors (Lipinski definition) is 2. The molecule has 7 heteroatoms. The number of H-pyrrole nitrogens is 1. The Morgan fingerprint density at radius 1 is 0.757 bits per heavy atom. The van der Waals surface area contributed by atoms with Gasteiger partial charge in [0.05, 0.1) is 18.2 Å². The van der Waals surface area contributed by atoms with Gasteiger partial charge in [0.1, 0.15) is 0 Å². The fraction of sp³-hybridized carbons (Fsp3) is 0.100. The molecule has 0 aliphatic heterocycles. The summed E-state index contributed by atoms with van der Waals surface area (Å²) in [6.45, 7) is 1.78. The van der Waals surface area contributed by atoms with Crippen LogP contribution in [0.2, 0.25) is 0 Å². The Hall–Kier alpha value is -4.39. The lowest BCUT2D eigenvalue weighted by Gasteiger charge is -2.11. The van der Waals surface area contributed by atoms with Gasteiger partial charge in [-0.15, -0.1) is 0 Å². The SMILES string of the molecule is COc1cc2[nH]c(C)c(-c3ccc(-c4ccc(-c5cccc(C(F)(F)F)c5)cc4)cc3)c(=O)c2cc1F. The van der Waals surface area contributed by atoms with Crippen LogP contribution in [0.1, 0.15) is 11.3 Å². The van der Waals surface area contributed by atoms with Crippen molar-refractivity contribution < 1.29 is 22.3 Å². The van der Waals surface area contributed by atoms with E-state index < -0.39 is 17.6 Å².